The monoisotopic (exact) mass is 412 g/mol. The fourth-order valence-corrected chi connectivity index (χ4v) is 3.94. The number of rotatable bonds is 5. The normalized spacial score (nSPS) is 19.2. The molecule has 0 aliphatic heterocycles. The smallest absolute Gasteiger partial charge is 0.408 e. The van der Waals surface area contributed by atoms with Gasteiger partial charge < -0.3 is 19.6 Å². The molecule has 9 nitrogen and oxygen atoms in total. The molecule has 1 saturated carbocycles. The van der Waals surface area contributed by atoms with Crippen LogP contribution in [0.25, 0.3) is 11.1 Å². The summed E-state index contributed by atoms with van der Waals surface area (Å²) in [6.45, 7) is 3.83. The van der Waals surface area contributed by atoms with Crippen molar-refractivity contribution in [3.05, 3.63) is 46.8 Å². The zero-order chi connectivity index (χ0) is 21.3. The maximum absolute atomic E-state index is 12.7. The summed E-state index contributed by atoms with van der Waals surface area (Å²) in [5.74, 6) is -0.872. The Morgan fingerprint density at radius 1 is 1.17 bits per heavy atom. The SMILES string of the molecule is CC(C)n1c(=O)oc2cc(NC(=O)[C@H]3CC[C@@H](NC(=O)c4ccon4)CC3)ccc21. The van der Waals surface area contributed by atoms with Crippen LogP contribution >= 0.6 is 0 Å². The molecule has 158 valence electrons. The molecule has 2 heterocycles. The Morgan fingerprint density at radius 3 is 2.60 bits per heavy atom. The van der Waals surface area contributed by atoms with Crippen LogP contribution in [0.5, 0.6) is 0 Å². The van der Waals surface area contributed by atoms with Crippen LogP contribution in [0.15, 0.2) is 44.3 Å². The lowest BCUT2D eigenvalue weighted by Crippen LogP contribution is -2.39. The molecule has 0 spiro atoms. The van der Waals surface area contributed by atoms with E-state index in [0.717, 1.165) is 0 Å². The lowest BCUT2D eigenvalue weighted by Gasteiger charge is -2.28. The van der Waals surface area contributed by atoms with Crippen LogP contribution in [0.1, 0.15) is 56.1 Å². The second kappa shape index (κ2) is 8.17. The van der Waals surface area contributed by atoms with Crippen LogP contribution in [-0.2, 0) is 4.79 Å². The molecule has 2 aromatic heterocycles. The second-order valence-corrected chi connectivity index (χ2v) is 7.91. The summed E-state index contributed by atoms with van der Waals surface area (Å²) in [4.78, 5) is 36.8. The summed E-state index contributed by atoms with van der Waals surface area (Å²) in [5, 5.41) is 9.48. The van der Waals surface area contributed by atoms with E-state index in [4.69, 9.17) is 4.42 Å². The Kier molecular flexibility index (Phi) is 5.43. The van der Waals surface area contributed by atoms with E-state index < -0.39 is 5.76 Å². The first kappa shape index (κ1) is 19.9. The van der Waals surface area contributed by atoms with Crippen LogP contribution < -0.4 is 16.4 Å². The van der Waals surface area contributed by atoms with Gasteiger partial charge in [-0.05, 0) is 51.7 Å². The average molecular weight is 412 g/mol. The van der Waals surface area contributed by atoms with Gasteiger partial charge in [-0.15, -0.1) is 0 Å². The van der Waals surface area contributed by atoms with Crippen LogP contribution in [0.2, 0.25) is 0 Å². The van der Waals surface area contributed by atoms with Crippen LogP contribution in [0, 0.1) is 5.92 Å². The van der Waals surface area contributed by atoms with Crippen molar-refractivity contribution in [1.29, 1.82) is 0 Å². The van der Waals surface area contributed by atoms with E-state index in [1.54, 1.807) is 22.8 Å². The molecule has 0 unspecified atom stereocenters. The van der Waals surface area contributed by atoms with E-state index in [1.165, 1.54) is 12.3 Å². The van der Waals surface area contributed by atoms with Crippen molar-refractivity contribution >= 4 is 28.6 Å². The van der Waals surface area contributed by atoms with Crippen LogP contribution in [0.4, 0.5) is 5.69 Å². The standard InChI is InChI=1S/C21H24N4O5/c1-12(2)25-17-8-7-15(11-18(17)30-21(25)28)23-19(26)13-3-5-14(6-4-13)22-20(27)16-9-10-29-24-16/h7-14H,3-6H2,1-2H3,(H,22,27)(H,23,26)/t13-,14+. The number of aromatic nitrogens is 2. The van der Waals surface area contributed by atoms with Crippen molar-refractivity contribution in [3.8, 4) is 0 Å². The molecule has 0 atom stereocenters. The van der Waals surface area contributed by atoms with Gasteiger partial charge in [0.05, 0.1) is 5.52 Å². The predicted octanol–water partition coefficient (Wildman–Crippen LogP) is 3.09. The van der Waals surface area contributed by atoms with Crippen molar-refractivity contribution < 1.29 is 18.5 Å². The Hall–Kier alpha value is -3.36. The minimum Gasteiger partial charge on any atom is -0.408 e. The van der Waals surface area contributed by atoms with Gasteiger partial charge in [0, 0.05) is 35.8 Å². The molecule has 0 saturated heterocycles. The number of nitrogens with one attached hydrogen (secondary N) is 2. The molecule has 9 heteroatoms. The first-order chi connectivity index (χ1) is 14.4. The molecule has 2 amide bonds. The molecule has 4 rings (SSSR count). The van der Waals surface area contributed by atoms with Crippen molar-refractivity contribution in [1.82, 2.24) is 15.0 Å². The highest BCUT2D eigenvalue weighted by Gasteiger charge is 2.28. The maximum Gasteiger partial charge on any atom is 0.420 e. The Morgan fingerprint density at radius 2 is 1.93 bits per heavy atom. The fraction of sp³-hybridized carbons (Fsp3) is 0.429. The van der Waals surface area contributed by atoms with Gasteiger partial charge >= 0.3 is 5.76 Å². The van der Waals surface area contributed by atoms with Gasteiger partial charge in [-0.1, -0.05) is 5.16 Å². The number of benzene rings is 1. The van der Waals surface area contributed by atoms with E-state index >= 15 is 0 Å². The van der Waals surface area contributed by atoms with Gasteiger partial charge in [0.2, 0.25) is 5.91 Å². The molecule has 1 aliphatic carbocycles. The highest BCUT2D eigenvalue weighted by atomic mass is 16.5. The number of amides is 2. The minimum absolute atomic E-state index is 0.0136. The summed E-state index contributed by atoms with van der Waals surface area (Å²) in [7, 11) is 0. The molecular weight excluding hydrogens is 388 g/mol. The zero-order valence-corrected chi connectivity index (χ0v) is 16.9. The van der Waals surface area contributed by atoms with Gasteiger partial charge in [-0.25, -0.2) is 4.79 Å². The molecule has 1 aromatic carbocycles. The minimum atomic E-state index is -0.408. The van der Waals surface area contributed by atoms with E-state index in [2.05, 4.69) is 20.3 Å². The van der Waals surface area contributed by atoms with Crippen molar-refractivity contribution in [2.45, 2.75) is 51.6 Å². The number of anilines is 1. The Bertz CT molecular complexity index is 1100. The first-order valence-corrected chi connectivity index (χ1v) is 10.1. The lowest BCUT2D eigenvalue weighted by atomic mass is 9.85. The van der Waals surface area contributed by atoms with Crippen LogP contribution in [0.3, 0.4) is 0 Å². The number of fused-ring (bicyclic) bond motifs is 1. The Labute approximate surface area is 172 Å². The topological polar surface area (TPSA) is 119 Å². The fourth-order valence-electron chi connectivity index (χ4n) is 3.94. The van der Waals surface area contributed by atoms with Crippen molar-refractivity contribution in [3.63, 3.8) is 0 Å². The third kappa shape index (κ3) is 4.00. The summed E-state index contributed by atoms with van der Waals surface area (Å²) in [5.41, 5.74) is 2.00. The first-order valence-electron chi connectivity index (χ1n) is 10.1. The molecule has 0 bridgehead atoms. The van der Waals surface area contributed by atoms with E-state index in [-0.39, 0.29) is 35.5 Å². The summed E-state index contributed by atoms with van der Waals surface area (Å²) in [6, 6.07) is 6.75. The number of hydrogen-bond donors (Lipinski definition) is 2. The number of oxazole rings is 1. The highest BCUT2D eigenvalue weighted by Crippen LogP contribution is 2.27. The third-order valence-corrected chi connectivity index (χ3v) is 5.50. The van der Waals surface area contributed by atoms with Gasteiger partial charge in [0.1, 0.15) is 6.26 Å². The second-order valence-electron chi connectivity index (χ2n) is 7.91. The lowest BCUT2D eigenvalue weighted by molar-refractivity contribution is -0.120. The molecule has 1 fully saturated rings. The largest absolute Gasteiger partial charge is 0.420 e. The summed E-state index contributed by atoms with van der Waals surface area (Å²) >= 11 is 0. The van der Waals surface area contributed by atoms with E-state index in [0.29, 0.717) is 42.5 Å². The Balaban J connectivity index is 1.35. The average Bonchev–Trinajstić information content (AvgIpc) is 3.35. The van der Waals surface area contributed by atoms with Gasteiger partial charge in [-0.2, -0.15) is 0 Å². The highest BCUT2D eigenvalue weighted by molar-refractivity contribution is 5.94. The third-order valence-electron chi connectivity index (χ3n) is 5.50. The number of carbonyl (C=O) groups is 2. The maximum atomic E-state index is 12.7. The summed E-state index contributed by atoms with van der Waals surface area (Å²) in [6.07, 6.45) is 4.14. The molecule has 1 aliphatic rings. The summed E-state index contributed by atoms with van der Waals surface area (Å²) < 4.78 is 11.6. The molecule has 0 radical (unpaired) electrons. The van der Waals surface area contributed by atoms with Crippen LogP contribution in [-0.4, -0.2) is 27.6 Å². The van der Waals surface area contributed by atoms with Crippen molar-refractivity contribution in [2.75, 3.05) is 5.32 Å². The van der Waals surface area contributed by atoms with E-state index in [1.807, 2.05) is 13.8 Å². The predicted molar refractivity (Wildman–Crippen MR) is 109 cm³/mol. The number of carbonyl (C=O) groups excluding carboxylic acids is 2. The molecule has 30 heavy (non-hydrogen) atoms. The molecule has 3 aromatic rings. The number of hydrogen-bond acceptors (Lipinski definition) is 6. The van der Waals surface area contributed by atoms with Gasteiger partial charge in [0.15, 0.2) is 11.3 Å². The van der Waals surface area contributed by atoms with Gasteiger partial charge in [0.25, 0.3) is 5.91 Å². The van der Waals surface area contributed by atoms with Crippen molar-refractivity contribution in [2.24, 2.45) is 5.92 Å². The van der Waals surface area contributed by atoms with E-state index in [9.17, 15) is 14.4 Å². The molecule has 2 N–H and O–H groups in total. The van der Waals surface area contributed by atoms with Gasteiger partial charge in [-0.3, -0.25) is 14.2 Å². The molecular formula is C21H24N4O5. The zero-order valence-electron chi connectivity index (χ0n) is 16.9. The quantitative estimate of drug-likeness (QED) is 0.665. The number of nitrogens with zero attached hydrogens (tertiary/aromatic N) is 2.